The zero-order valence-electron chi connectivity index (χ0n) is 5.67. The van der Waals surface area contributed by atoms with E-state index in [0.717, 1.165) is 0 Å². The van der Waals surface area contributed by atoms with Gasteiger partial charge in [0, 0.05) is 0 Å². The molecule has 12 heavy (non-hydrogen) atoms. The molecule has 0 aliphatic rings. The van der Waals surface area contributed by atoms with Crippen molar-refractivity contribution in [3.63, 3.8) is 0 Å². The zero-order chi connectivity index (χ0) is 8.78. The number of hydrogen-bond donors (Lipinski definition) is 1. The van der Waals surface area contributed by atoms with Gasteiger partial charge in [0.2, 0.25) is 0 Å². The van der Waals surface area contributed by atoms with Crippen LogP contribution in [0.15, 0.2) is 0 Å². The van der Waals surface area contributed by atoms with Crippen molar-refractivity contribution in [1.29, 1.82) is 0 Å². The molecular weight excluding hydrogens is 251 g/mol. The van der Waals surface area contributed by atoms with Crippen LogP contribution >= 0.6 is 7.82 Å². The predicted molar refractivity (Wildman–Crippen MR) is 28.2 cm³/mol. The molecule has 0 amide bonds. The third-order valence-electron chi connectivity index (χ3n) is 0.100. The Morgan fingerprint density at radius 3 is 1.33 bits per heavy atom. The van der Waals surface area contributed by atoms with Gasteiger partial charge >= 0.3 is 75.5 Å². The van der Waals surface area contributed by atoms with Crippen molar-refractivity contribution in [2.45, 2.75) is 0 Å². The summed E-state index contributed by atoms with van der Waals surface area (Å²) in [5.74, 6) is 0. The van der Waals surface area contributed by atoms with Gasteiger partial charge in [0.1, 0.15) is 0 Å². The second kappa shape index (κ2) is 12.9. The summed E-state index contributed by atoms with van der Waals surface area (Å²) in [6, 6.07) is 0. The van der Waals surface area contributed by atoms with Crippen LogP contribution in [-0.4, -0.2) is 86.9 Å². The van der Waals surface area contributed by atoms with Crippen LogP contribution in [0.25, 0.3) is 0 Å². The molecule has 0 unspecified atom stereocenters. The average Bonchev–Trinajstić information content (AvgIpc) is 1.63. The zero-order valence-corrected chi connectivity index (χ0v) is 11.0. The van der Waals surface area contributed by atoms with Crippen molar-refractivity contribution in [2.75, 3.05) is 0 Å². The first-order chi connectivity index (χ1) is 4.29. The number of rotatable bonds is 1. The first-order valence-corrected chi connectivity index (χ1v) is 2.99. The number of carbonyl (C=O) groups excluding carboxylic acids is 1. The predicted octanol–water partition coefficient (Wildman–Crippen LogP) is -4.90. The van der Waals surface area contributed by atoms with Crippen molar-refractivity contribution in [1.82, 2.24) is 0 Å². The van der Waals surface area contributed by atoms with Crippen LogP contribution in [0.3, 0.4) is 0 Å². The van der Waals surface area contributed by atoms with Gasteiger partial charge in [-0.2, -0.15) is 0 Å². The van der Waals surface area contributed by atoms with Gasteiger partial charge in [-0.05, 0) is 6.16 Å². The molecule has 1 N–H and O–H groups in total. The summed E-state index contributed by atoms with van der Waals surface area (Å²) in [4.78, 5) is 26.3. The van der Waals surface area contributed by atoms with Crippen molar-refractivity contribution >= 4 is 89.5 Å². The topological polar surface area (TPSA) is 156 Å². The van der Waals surface area contributed by atoms with Gasteiger partial charge < -0.3 is 29.4 Å². The summed E-state index contributed by atoms with van der Waals surface area (Å²) in [7, 11) is -5.09. The summed E-state index contributed by atoms with van der Waals surface area (Å²) in [5, 5.41) is 23.7. The molecule has 0 aromatic carbocycles. The maximum atomic E-state index is 9.00. The Kier molecular flexibility index (Phi) is 25.3. The van der Waals surface area contributed by atoms with Crippen LogP contribution in [0.4, 0.5) is 4.79 Å². The molecule has 0 atom stereocenters. The van der Waals surface area contributed by atoms with Gasteiger partial charge in [-0.1, -0.05) is 0 Å². The van der Waals surface area contributed by atoms with E-state index in [1.54, 1.807) is 0 Å². The third kappa shape index (κ3) is 59.2. The van der Waals surface area contributed by atoms with Gasteiger partial charge in [-0.3, -0.25) is 0 Å². The van der Waals surface area contributed by atoms with E-state index in [2.05, 4.69) is 4.67 Å². The van der Waals surface area contributed by atoms with E-state index in [1.807, 2.05) is 0 Å². The normalized spacial score (nSPS) is 7.92. The van der Waals surface area contributed by atoms with Gasteiger partial charge in [-0.25, -0.2) is 9.93 Å². The van der Waals surface area contributed by atoms with Crippen LogP contribution in [0.2, 0.25) is 0 Å². The molecule has 0 saturated carbocycles. The Morgan fingerprint density at radius 2 is 1.33 bits per heavy atom. The molecule has 0 heterocycles. The molecule has 0 rings (SSSR count). The van der Waals surface area contributed by atoms with Gasteiger partial charge in [0.15, 0.2) is 0 Å². The minimum Gasteiger partial charge on any atom is -0.788 e. The molecular formula is CHCa2O8P. The van der Waals surface area contributed by atoms with Crippen LogP contribution in [-0.2, 0) is 9.24 Å². The monoisotopic (exact) mass is 252 g/mol. The second-order valence-electron chi connectivity index (χ2n) is 0.779. The summed E-state index contributed by atoms with van der Waals surface area (Å²) in [5.41, 5.74) is 0. The minimum atomic E-state index is -5.09. The smallest absolute Gasteiger partial charge is 0.788 e. The van der Waals surface area contributed by atoms with Crippen molar-refractivity contribution in [3.05, 3.63) is 0 Å². The fourth-order valence-corrected chi connectivity index (χ4v) is 0. The maximum absolute atomic E-state index is 9.00. The number of carbonyl (C=O) groups is 1. The molecule has 0 bridgehead atoms. The van der Waals surface area contributed by atoms with Crippen LogP contribution in [0.1, 0.15) is 0 Å². The van der Waals surface area contributed by atoms with E-state index in [9.17, 15) is 0 Å². The molecule has 8 nitrogen and oxygen atoms in total. The quantitative estimate of drug-likeness (QED) is 0.210. The van der Waals surface area contributed by atoms with Gasteiger partial charge in [-0.15, -0.1) is 0 Å². The number of carboxylic acid groups (broad SMARTS) is 2. The van der Waals surface area contributed by atoms with E-state index in [-0.39, 0.29) is 75.5 Å². The largest absolute Gasteiger partial charge is 2.00 e. The van der Waals surface area contributed by atoms with E-state index < -0.39 is 14.0 Å². The van der Waals surface area contributed by atoms with Crippen molar-refractivity contribution in [2.24, 2.45) is 0 Å². The Labute approximate surface area is 127 Å². The molecule has 62 valence electrons. The Hall–Kier alpha value is 1.86. The van der Waals surface area contributed by atoms with Gasteiger partial charge in [0.05, 0.1) is 7.82 Å². The second-order valence-corrected chi connectivity index (χ2v) is 1.84. The van der Waals surface area contributed by atoms with Crippen LogP contribution < -0.4 is 20.0 Å². The SMILES string of the molecule is O=C([O-])[O-].O=P([O-])([O-])OO.[Ca+2].[Ca+2]. The van der Waals surface area contributed by atoms with Crippen LogP contribution in [0, 0.1) is 0 Å². The number of hydrogen-bond acceptors (Lipinski definition) is 8. The summed E-state index contributed by atoms with van der Waals surface area (Å²) < 4.78 is 11.4. The molecule has 0 fully saturated rings. The molecule has 0 aliphatic heterocycles. The molecule has 0 aromatic rings. The fraction of sp³-hybridized carbons (Fsp3) is 0. The number of phosphoric acid groups is 1. The summed E-state index contributed by atoms with van der Waals surface area (Å²) in [6.45, 7) is 0. The van der Waals surface area contributed by atoms with E-state index >= 15 is 0 Å². The average molecular weight is 252 g/mol. The molecule has 0 spiro atoms. The standard InChI is InChI=1S/CH2O3.2Ca.H3O5P/c2-1(3)4;;;1-5-6(2,3)4/h(H2,2,3,4);;;1H,(H2,2,3,4)/q;2*+2;/p-4. The molecule has 0 radical (unpaired) electrons. The molecule has 0 aromatic heterocycles. The molecule has 0 aliphatic carbocycles. The Morgan fingerprint density at radius 1 is 1.25 bits per heavy atom. The van der Waals surface area contributed by atoms with Gasteiger partial charge in [0.25, 0.3) is 0 Å². The van der Waals surface area contributed by atoms with E-state index in [4.69, 9.17) is 34.6 Å². The van der Waals surface area contributed by atoms with Crippen molar-refractivity contribution in [3.8, 4) is 0 Å². The third-order valence-corrected chi connectivity index (χ3v) is 0.300. The maximum Gasteiger partial charge on any atom is 2.00 e. The first kappa shape index (κ1) is 23.6. The Balaban J connectivity index is -0.0000000483. The molecule has 11 heteroatoms. The fourth-order valence-electron chi connectivity index (χ4n) is 0. The van der Waals surface area contributed by atoms with Crippen LogP contribution in [0.5, 0.6) is 0 Å². The Bertz CT molecular complexity index is 136. The van der Waals surface area contributed by atoms with E-state index in [1.165, 1.54) is 0 Å². The molecule has 0 saturated heterocycles. The first-order valence-electron chi connectivity index (χ1n) is 1.53. The summed E-state index contributed by atoms with van der Waals surface area (Å²) in [6.07, 6.45) is -2.33. The summed E-state index contributed by atoms with van der Waals surface area (Å²) >= 11 is 0. The van der Waals surface area contributed by atoms with E-state index in [0.29, 0.717) is 0 Å². The van der Waals surface area contributed by atoms with Crippen molar-refractivity contribution < 1.29 is 39.3 Å². The minimum absolute atomic E-state index is 0.